The predicted octanol–water partition coefficient (Wildman–Crippen LogP) is 3.25. The number of thiophene rings is 1. The Morgan fingerprint density at radius 2 is 2.00 bits per heavy atom. The van der Waals surface area contributed by atoms with Gasteiger partial charge >= 0.3 is 0 Å². The van der Waals surface area contributed by atoms with Crippen LogP contribution in [0.1, 0.15) is 32.6 Å². The largest absolute Gasteiger partial charge is 0.395 e. The molecule has 1 aromatic heterocycles. The van der Waals surface area contributed by atoms with Crippen molar-refractivity contribution in [2.45, 2.75) is 26.8 Å². The van der Waals surface area contributed by atoms with Crippen LogP contribution in [-0.4, -0.2) is 29.1 Å². The number of aryl methyl sites for hydroxylation is 2. The van der Waals surface area contributed by atoms with E-state index in [1.165, 1.54) is 21.8 Å². The van der Waals surface area contributed by atoms with Crippen LogP contribution in [0.3, 0.4) is 0 Å². The molecule has 0 aliphatic heterocycles. The molecule has 0 atom stereocenters. The fourth-order valence-corrected chi connectivity index (χ4v) is 3.39. The quantitative estimate of drug-likeness (QED) is 0.890. The minimum Gasteiger partial charge on any atom is -0.395 e. The Hall–Kier alpha value is -1.65. The van der Waals surface area contributed by atoms with Gasteiger partial charge in [-0.3, -0.25) is 4.79 Å². The second-order valence-electron chi connectivity index (χ2n) is 4.98. The molecule has 0 aliphatic rings. The average Bonchev–Trinajstić information content (AvgIpc) is 2.88. The summed E-state index contributed by atoms with van der Waals surface area (Å²) >= 11 is 1.54. The highest BCUT2D eigenvalue weighted by Crippen LogP contribution is 2.24. The van der Waals surface area contributed by atoms with Gasteiger partial charge in [-0.15, -0.1) is 11.3 Å². The lowest BCUT2D eigenvalue weighted by atomic mass is 10.2. The molecule has 0 saturated carbocycles. The monoisotopic (exact) mass is 303 g/mol. The van der Waals surface area contributed by atoms with E-state index in [1.54, 1.807) is 4.90 Å². The summed E-state index contributed by atoms with van der Waals surface area (Å²) in [5.74, 6) is 0.000651. The average molecular weight is 303 g/mol. The summed E-state index contributed by atoms with van der Waals surface area (Å²) in [7, 11) is 0. The van der Waals surface area contributed by atoms with Crippen molar-refractivity contribution in [3.05, 3.63) is 57.3 Å². The molecule has 0 spiro atoms. The van der Waals surface area contributed by atoms with Crippen LogP contribution in [-0.2, 0) is 13.0 Å². The summed E-state index contributed by atoms with van der Waals surface area (Å²) in [5.41, 5.74) is 2.30. The van der Waals surface area contributed by atoms with E-state index in [1.807, 2.05) is 43.3 Å². The molecule has 0 unspecified atom stereocenters. The zero-order chi connectivity index (χ0) is 15.2. The maximum absolute atomic E-state index is 12.6. The summed E-state index contributed by atoms with van der Waals surface area (Å²) < 4.78 is 0. The van der Waals surface area contributed by atoms with E-state index >= 15 is 0 Å². The Morgan fingerprint density at radius 3 is 2.57 bits per heavy atom. The van der Waals surface area contributed by atoms with Crippen molar-refractivity contribution in [1.29, 1.82) is 0 Å². The molecule has 0 fully saturated rings. The molecule has 2 rings (SSSR count). The third-order valence-corrected chi connectivity index (χ3v) is 4.57. The number of carbonyl (C=O) groups is 1. The Balaban J connectivity index is 2.18. The first kappa shape index (κ1) is 15.7. The van der Waals surface area contributed by atoms with Gasteiger partial charge in [-0.2, -0.15) is 0 Å². The third kappa shape index (κ3) is 3.93. The highest BCUT2D eigenvalue weighted by atomic mass is 32.1. The Labute approximate surface area is 129 Å². The Morgan fingerprint density at radius 1 is 1.29 bits per heavy atom. The van der Waals surface area contributed by atoms with Gasteiger partial charge in [-0.25, -0.2) is 0 Å². The van der Waals surface area contributed by atoms with Gasteiger partial charge in [0.05, 0.1) is 11.5 Å². The van der Waals surface area contributed by atoms with Crippen molar-refractivity contribution in [1.82, 2.24) is 4.90 Å². The third-order valence-electron chi connectivity index (χ3n) is 3.49. The lowest BCUT2D eigenvalue weighted by Crippen LogP contribution is -2.32. The molecule has 1 N–H and O–H groups in total. The maximum Gasteiger partial charge on any atom is 0.264 e. The van der Waals surface area contributed by atoms with Gasteiger partial charge in [0.25, 0.3) is 5.91 Å². The number of carbonyl (C=O) groups excluding carboxylic acids is 1. The first-order chi connectivity index (χ1) is 10.2. The van der Waals surface area contributed by atoms with Gasteiger partial charge in [-0.05, 0) is 30.5 Å². The molecule has 0 saturated heterocycles. The number of aliphatic hydroxyl groups is 1. The molecule has 1 aromatic carbocycles. The summed E-state index contributed by atoms with van der Waals surface area (Å²) in [6.45, 7) is 5.00. The summed E-state index contributed by atoms with van der Waals surface area (Å²) in [6, 6.07) is 11.8. The van der Waals surface area contributed by atoms with Crippen molar-refractivity contribution in [2.24, 2.45) is 0 Å². The molecular weight excluding hydrogens is 282 g/mol. The van der Waals surface area contributed by atoms with Crippen molar-refractivity contribution >= 4 is 17.2 Å². The van der Waals surface area contributed by atoms with E-state index in [9.17, 15) is 9.90 Å². The predicted molar refractivity (Wildman–Crippen MR) is 86.7 cm³/mol. The van der Waals surface area contributed by atoms with Crippen LogP contribution >= 0.6 is 11.3 Å². The highest BCUT2D eigenvalue weighted by Gasteiger charge is 2.18. The number of benzene rings is 1. The maximum atomic E-state index is 12.6. The smallest absolute Gasteiger partial charge is 0.264 e. The summed E-state index contributed by atoms with van der Waals surface area (Å²) in [6.07, 6.45) is 0.939. The zero-order valence-corrected chi connectivity index (χ0v) is 13.3. The summed E-state index contributed by atoms with van der Waals surface area (Å²) in [5, 5.41) is 9.23. The van der Waals surface area contributed by atoms with Crippen molar-refractivity contribution in [3.8, 4) is 0 Å². The minimum absolute atomic E-state index is 0.000651. The van der Waals surface area contributed by atoms with Gasteiger partial charge in [0, 0.05) is 18.0 Å². The molecule has 3 nitrogen and oxygen atoms in total. The second-order valence-corrected chi connectivity index (χ2v) is 6.24. The fourth-order valence-electron chi connectivity index (χ4n) is 2.31. The van der Waals surface area contributed by atoms with E-state index in [0.29, 0.717) is 13.1 Å². The molecule has 2 aromatic rings. The van der Waals surface area contributed by atoms with Crippen LogP contribution in [0.5, 0.6) is 0 Å². The van der Waals surface area contributed by atoms with E-state index in [-0.39, 0.29) is 12.5 Å². The lowest BCUT2D eigenvalue weighted by molar-refractivity contribution is 0.0712. The zero-order valence-electron chi connectivity index (χ0n) is 12.5. The number of nitrogens with zero attached hydrogens (tertiary/aromatic N) is 1. The van der Waals surface area contributed by atoms with E-state index in [0.717, 1.165) is 16.9 Å². The topological polar surface area (TPSA) is 40.5 Å². The van der Waals surface area contributed by atoms with Crippen molar-refractivity contribution in [2.75, 3.05) is 13.2 Å². The minimum atomic E-state index is -0.0242. The van der Waals surface area contributed by atoms with Crippen LogP contribution in [0.2, 0.25) is 0 Å². The summed E-state index contributed by atoms with van der Waals surface area (Å²) in [4.78, 5) is 16.3. The fraction of sp³-hybridized carbons (Fsp3) is 0.353. The van der Waals surface area contributed by atoms with Gasteiger partial charge in [-0.1, -0.05) is 37.3 Å². The molecule has 4 heteroatoms. The number of rotatable bonds is 6. The molecule has 1 amide bonds. The van der Waals surface area contributed by atoms with Crippen molar-refractivity contribution < 1.29 is 9.90 Å². The molecule has 112 valence electrons. The first-order valence-electron chi connectivity index (χ1n) is 7.19. The van der Waals surface area contributed by atoms with Gasteiger partial charge in [0.15, 0.2) is 0 Å². The van der Waals surface area contributed by atoms with Crippen LogP contribution in [0.4, 0.5) is 0 Å². The number of amides is 1. The molecule has 0 radical (unpaired) electrons. The van der Waals surface area contributed by atoms with Gasteiger partial charge in [0.1, 0.15) is 0 Å². The first-order valence-corrected chi connectivity index (χ1v) is 8.00. The molecule has 0 aliphatic carbocycles. The normalized spacial score (nSPS) is 10.6. The lowest BCUT2D eigenvalue weighted by Gasteiger charge is -2.21. The number of hydrogen-bond acceptors (Lipinski definition) is 3. The molecule has 1 heterocycles. The Kier molecular flexibility index (Phi) is 5.53. The number of aliphatic hydroxyl groups excluding tert-OH is 1. The van der Waals surface area contributed by atoms with Gasteiger partial charge < -0.3 is 10.0 Å². The highest BCUT2D eigenvalue weighted by molar-refractivity contribution is 7.14. The molecule has 0 bridgehead atoms. The van der Waals surface area contributed by atoms with E-state index in [4.69, 9.17) is 0 Å². The van der Waals surface area contributed by atoms with Crippen LogP contribution in [0.15, 0.2) is 36.4 Å². The Bertz CT molecular complexity index is 592. The van der Waals surface area contributed by atoms with Crippen LogP contribution < -0.4 is 0 Å². The van der Waals surface area contributed by atoms with Gasteiger partial charge in [0.2, 0.25) is 0 Å². The van der Waals surface area contributed by atoms with Crippen molar-refractivity contribution in [3.63, 3.8) is 0 Å². The second kappa shape index (κ2) is 7.38. The number of hydrogen-bond donors (Lipinski definition) is 1. The van der Waals surface area contributed by atoms with Crippen LogP contribution in [0.25, 0.3) is 0 Å². The SMILES string of the molecule is CCc1cc(C(=O)N(CCO)Cc2ccccc2)sc1C. The van der Waals surface area contributed by atoms with Crippen LogP contribution in [0, 0.1) is 6.92 Å². The molecule has 21 heavy (non-hydrogen) atoms. The molecular formula is C17H21NO2S. The van der Waals surface area contributed by atoms with E-state index < -0.39 is 0 Å². The standard InChI is InChI=1S/C17H21NO2S/c1-3-15-11-16(21-13(15)2)17(20)18(9-10-19)12-14-7-5-4-6-8-14/h4-8,11,19H,3,9-10,12H2,1-2H3. The van der Waals surface area contributed by atoms with E-state index in [2.05, 4.69) is 6.92 Å².